The van der Waals surface area contributed by atoms with Crippen LogP contribution in [-0.2, 0) is 14.3 Å². The second-order valence-electron chi connectivity index (χ2n) is 7.33. The van der Waals surface area contributed by atoms with Crippen LogP contribution in [-0.4, -0.2) is 28.1 Å². The van der Waals surface area contributed by atoms with Crippen LogP contribution in [0.5, 0.6) is 0 Å². The Morgan fingerprint density at radius 3 is 2.07 bits per heavy atom. The number of unbranched alkanes of at least 4 members (excludes halogenated alkanes) is 6. The number of nitrogens with one attached hydrogen (secondary N) is 1. The molecular formula is C22H39NO3S. The first kappa shape index (κ1) is 24.1. The van der Waals surface area contributed by atoms with Crippen molar-refractivity contribution < 1.29 is 12.6 Å². The Balaban J connectivity index is 0.000000377. The van der Waals surface area contributed by atoms with E-state index in [0.29, 0.717) is 0 Å². The van der Waals surface area contributed by atoms with Gasteiger partial charge in [0, 0.05) is 6.04 Å². The molecule has 0 aromatic heterocycles. The Hall–Kier alpha value is -0.910. The van der Waals surface area contributed by atoms with Crippen LogP contribution in [0.2, 0.25) is 0 Å². The Kier molecular flexibility index (Phi) is 13.5. The quantitative estimate of drug-likeness (QED) is 0.385. The van der Waals surface area contributed by atoms with Crippen LogP contribution < -0.4 is 5.32 Å². The van der Waals surface area contributed by atoms with Crippen molar-refractivity contribution in [3.8, 4) is 0 Å². The van der Waals surface area contributed by atoms with Gasteiger partial charge in [-0.05, 0) is 38.4 Å². The van der Waals surface area contributed by atoms with Crippen molar-refractivity contribution in [3.63, 3.8) is 0 Å². The van der Waals surface area contributed by atoms with E-state index in [2.05, 4.69) is 19.3 Å². The van der Waals surface area contributed by atoms with Crippen LogP contribution in [0, 0.1) is 0 Å². The fourth-order valence-corrected chi connectivity index (χ4v) is 4.24. The van der Waals surface area contributed by atoms with Gasteiger partial charge in [0.2, 0.25) is 0 Å². The van der Waals surface area contributed by atoms with Crippen molar-refractivity contribution in [3.05, 3.63) is 30.3 Å². The summed E-state index contributed by atoms with van der Waals surface area (Å²) in [5.41, 5.74) is 0. The van der Waals surface area contributed by atoms with Crippen molar-refractivity contribution >= 4 is 10.1 Å². The maximum atomic E-state index is 11.8. The molecule has 1 saturated carbocycles. The molecule has 0 aliphatic heterocycles. The van der Waals surface area contributed by atoms with E-state index in [1.54, 1.807) is 30.3 Å². The summed E-state index contributed by atoms with van der Waals surface area (Å²) in [6.45, 7) is 2.48. The molecule has 0 unspecified atom stereocenters. The zero-order chi connectivity index (χ0) is 19.8. The molecule has 156 valence electrons. The maximum absolute atomic E-state index is 11.8. The molecule has 4 nitrogen and oxygen atoms in total. The standard InChI is InChI=1S/C15H24O3S.C7H15N/c1-2-3-4-5-6-7-11-14-18-19(16,17)15-12-9-8-10-13-15;1-8-7-5-3-2-4-6-7/h8-10,12-13H,2-7,11,14H2,1H3;7-8H,2-6H2,1H3. The monoisotopic (exact) mass is 397 g/mol. The molecule has 0 spiro atoms. The Morgan fingerprint density at radius 1 is 0.926 bits per heavy atom. The first-order valence-electron chi connectivity index (χ1n) is 10.7. The van der Waals surface area contributed by atoms with Crippen LogP contribution in [0.1, 0.15) is 84.0 Å². The van der Waals surface area contributed by atoms with Gasteiger partial charge in [-0.25, -0.2) is 0 Å². The molecule has 1 aromatic rings. The lowest BCUT2D eigenvalue weighted by Crippen LogP contribution is -2.26. The third kappa shape index (κ3) is 11.5. The van der Waals surface area contributed by atoms with E-state index < -0.39 is 10.1 Å². The third-order valence-corrected chi connectivity index (χ3v) is 6.36. The summed E-state index contributed by atoms with van der Waals surface area (Å²) in [5.74, 6) is 0. The lowest BCUT2D eigenvalue weighted by Gasteiger charge is -2.20. The van der Waals surface area contributed by atoms with Crippen molar-refractivity contribution in [2.45, 2.75) is 94.9 Å². The van der Waals surface area contributed by atoms with E-state index in [0.717, 1.165) is 25.3 Å². The second kappa shape index (κ2) is 15.1. The van der Waals surface area contributed by atoms with Gasteiger partial charge in [0.15, 0.2) is 0 Å². The molecule has 5 heteroatoms. The number of hydrogen-bond donors (Lipinski definition) is 1. The molecule has 0 heterocycles. The molecule has 1 N–H and O–H groups in total. The molecule has 0 radical (unpaired) electrons. The van der Waals surface area contributed by atoms with Crippen molar-refractivity contribution in [2.75, 3.05) is 13.7 Å². The fraction of sp³-hybridized carbons (Fsp3) is 0.727. The molecule has 1 aliphatic rings. The summed E-state index contributed by atoms with van der Waals surface area (Å²) < 4.78 is 28.6. The van der Waals surface area contributed by atoms with Gasteiger partial charge in [0.25, 0.3) is 10.1 Å². The van der Waals surface area contributed by atoms with Crippen LogP contribution in [0.25, 0.3) is 0 Å². The Bertz CT molecular complexity index is 554. The highest BCUT2D eigenvalue weighted by Gasteiger charge is 2.13. The molecule has 0 saturated heterocycles. The Labute approximate surface area is 167 Å². The van der Waals surface area contributed by atoms with E-state index in [4.69, 9.17) is 4.18 Å². The van der Waals surface area contributed by atoms with Gasteiger partial charge in [0.05, 0.1) is 11.5 Å². The fourth-order valence-electron chi connectivity index (χ4n) is 3.27. The molecular weight excluding hydrogens is 358 g/mol. The normalized spacial score (nSPS) is 15.2. The SMILES string of the molecule is CCCCCCCCCOS(=O)(=O)c1ccccc1.CNC1CCCCC1. The zero-order valence-electron chi connectivity index (χ0n) is 17.3. The molecule has 0 amide bonds. The first-order chi connectivity index (χ1) is 13.1. The van der Waals surface area contributed by atoms with Gasteiger partial charge in [0.1, 0.15) is 0 Å². The lowest BCUT2D eigenvalue weighted by atomic mass is 9.96. The Morgan fingerprint density at radius 2 is 1.52 bits per heavy atom. The van der Waals surface area contributed by atoms with Crippen LogP contribution >= 0.6 is 0 Å². The van der Waals surface area contributed by atoms with Crippen molar-refractivity contribution in [2.24, 2.45) is 0 Å². The van der Waals surface area contributed by atoms with E-state index in [1.807, 2.05) is 0 Å². The van der Waals surface area contributed by atoms with E-state index >= 15 is 0 Å². The molecule has 2 rings (SSSR count). The topological polar surface area (TPSA) is 55.4 Å². The minimum Gasteiger partial charge on any atom is -0.317 e. The molecule has 1 aromatic carbocycles. The molecule has 1 aliphatic carbocycles. The summed E-state index contributed by atoms with van der Waals surface area (Å²) in [5, 5.41) is 3.30. The van der Waals surface area contributed by atoms with Gasteiger partial charge >= 0.3 is 0 Å². The molecule has 0 atom stereocenters. The van der Waals surface area contributed by atoms with Gasteiger partial charge < -0.3 is 5.32 Å². The first-order valence-corrected chi connectivity index (χ1v) is 12.1. The average molecular weight is 398 g/mol. The van der Waals surface area contributed by atoms with Gasteiger partial charge in [-0.2, -0.15) is 8.42 Å². The predicted octanol–water partition coefficient (Wildman–Crippen LogP) is 5.68. The van der Waals surface area contributed by atoms with E-state index in [-0.39, 0.29) is 11.5 Å². The highest BCUT2D eigenvalue weighted by molar-refractivity contribution is 7.86. The molecule has 27 heavy (non-hydrogen) atoms. The smallest absolute Gasteiger partial charge is 0.296 e. The summed E-state index contributed by atoms with van der Waals surface area (Å²) >= 11 is 0. The van der Waals surface area contributed by atoms with Crippen LogP contribution in [0.3, 0.4) is 0 Å². The third-order valence-electron chi connectivity index (χ3n) is 5.03. The summed E-state index contributed by atoms with van der Waals surface area (Å²) in [6, 6.07) is 9.13. The van der Waals surface area contributed by atoms with Gasteiger partial charge in [-0.15, -0.1) is 0 Å². The number of rotatable bonds is 11. The minimum absolute atomic E-state index is 0.234. The highest BCUT2D eigenvalue weighted by Crippen LogP contribution is 2.16. The van der Waals surface area contributed by atoms with Gasteiger partial charge in [-0.3, -0.25) is 4.18 Å². The van der Waals surface area contributed by atoms with Crippen LogP contribution in [0.15, 0.2) is 35.2 Å². The van der Waals surface area contributed by atoms with Gasteiger partial charge in [-0.1, -0.05) is 82.9 Å². The highest BCUT2D eigenvalue weighted by atomic mass is 32.2. The second-order valence-corrected chi connectivity index (χ2v) is 8.95. The summed E-state index contributed by atoms with van der Waals surface area (Å²) in [4.78, 5) is 0.234. The average Bonchev–Trinajstić information content (AvgIpc) is 2.72. The van der Waals surface area contributed by atoms with E-state index in [9.17, 15) is 8.42 Å². The maximum Gasteiger partial charge on any atom is 0.296 e. The number of benzene rings is 1. The number of hydrogen-bond acceptors (Lipinski definition) is 4. The van der Waals surface area contributed by atoms with Crippen LogP contribution in [0.4, 0.5) is 0 Å². The summed E-state index contributed by atoms with van der Waals surface area (Å²) in [7, 11) is -1.50. The van der Waals surface area contributed by atoms with Crippen molar-refractivity contribution in [1.29, 1.82) is 0 Å². The predicted molar refractivity (Wildman–Crippen MR) is 114 cm³/mol. The largest absolute Gasteiger partial charge is 0.317 e. The van der Waals surface area contributed by atoms with Crippen molar-refractivity contribution in [1.82, 2.24) is 5.32 Å². The minimum atomic E-state index is -3.56. The zero-order valence-corrected chi connectivity index (χ0v) is 18.1. The lowest BCUT2D eigenvalue weighted by molar-refractivity contribution is 0.306. The summed E-state index contributed by atoms with van der Waals surface area (Å²) in [6.07, 6.45) is 15.2. The molecule has 1 fully saturated rings. The molecule has 0 bridgehead atoms. The van der Waals surface area contributed by atoms with E-state index in [1.165, 1.54) is 57.8 Å².